The molecule has 1 aliphatic rings. The summed E-state index contributed by atoms with van der Waals surface area (Å²) in [7, 11) is 5.21. The minimum absolute atomic E-state index is 0.0409. The molecule has 2 aromatic carbocycles. The molecule has 3 aromatic rings. The highest BCUT2D eigenvalue weighted by molar-refractivity contribution is 5.95. The number of ether oxygens (including phenoxy) is 2. The number of benzene rings is 2. The van der Waals surface area contributed by atoms with E-state index in [1.807, 2.05) is 30.1 Å². The van der Waals surface area contributed by atoms with E-state index in [2.05, 4.69) is 16.7 Å². The molecule has 6 heteroatoms. The monoisotopic (exact) mass is 417 g/mol. The molecule has 0 bridgehead atoms. The van der Waals surface area contributed by atoms with Crippen molar-refractivity contribution in [2.45, 2.75) is 31.7 Å². The number of amides is 1. The summed E-state index contributed by atoms with van der Waals surface area (Å²) in [6.45, 7) is 0.776. The van der Waals surface area contributed by atoms with Gasteiger partial charge in [-0.15, -0.1) is 0 Å². The number of methoxy groups -OCH3 is 2. The van der Waals surface area contributed by atoms with Crippen LogP contribution in [0.15, 0.2) is 42.5 Å². The summed E-state index contributed by atoms with van der Waals surface area (Å²) < 4.78 is 12.8. The predicted molar refractivity (Wildman–Crippen MR) is 120 cm³/mol. The van der Waals surface area contributed by atoms with Gasteiger partial charge in [-0.25, -0.2) is 0 Å². The van der Waals surface area contributed by atoms with Crippen LogP contribution in [0.25, 0.3) is 10.9 Å². The lowest BCUT2D eigenvalue weighted by molar-refractivity contribution is 0.0730. The van der Waals surface area contributed by atoms with Gasteiger partial charge in [0.05, 0.1) is 25.9 Å². The van der Waals surface area contributed by atoms with Gasteiger partial charge in [-0.1, -0.05) is 6.07 Å². The number of carbonyl (C=O) groups excluding carboxylic acids is 1. The van der Waals surface area contributed by atoms with Gasteiger partial charge in [-0.05, 0) is 67.5 Å². The average Bonchev–Trinajstić information content (AvgIpc) is 3.40. The van der Waals surface area contributed by atoms with E-state index >= 15 is 0 Å². The maximum Gasteiger partial charge on any atom is 0.254 e. The zero-order chi connectivity index (χ0) is 22.0. The zero-order valence-corrected chi connectivity index (χ0v) is 18.2. The normalized spacial score (nSPS) is 15.8. The topological polar surface area (TPSA) is 67.5 Å². The Balaban J connectivity index is 1.49. The van der Waals surface area contributed by atoms with Crippen LogP contribution in [0.5, 0.6) is 11.5 Å². The number of hydrogen-bond donors (Lipinski definition) is 0. The minimum atomic E-state index is 0.0409. The molecule has 1 aromatic heterocycles. The van der Waals surface area contributed by atoms with Crippen LogP contribution in [-0.4, -0.2) is 42.2 Å². The van der Waals surface area contributed by atoms with Crippen molar-refractivity contribution < 1.29 is 14.3 Å². The first-order valence-corrected chi connectivity index (χ1v) is 10.6. The van der Waals surface area contributed by atoms with Gasteiger partial charge in [-0.3, -0.25) is 4.79 Å². The summed E-state index contributed by atoms with van der Waals surface area (Å²) in [5, 5.41) is 10.3. The highest BCUT2D eigenvalue weighted by Crippen LogP contribution is 2.30. The van der Waals surface area contributed by atoms with Crippen molar-refractivity contribution in [2.24, 2.45) is 7.05 Å². The van der Waals surface area contributed by atoms with Gasteiger partial charge in [0, 0.05) is 36.4 Å². The van der Waals surface area contributed by atoms with Crippen LogP contribution in [0.2, 0.25) is 0 Å². The summed E-state index contributed by atoms with van der Waals surface area (Å²) in [6.07, 6.45) is 3.83. The number of hydrogen-bond acceptors (Lipinski definition) is 4. The summed E-state index contributed by atoms with van der Waals surface area (Å²) in [4.78, 5) is 15.2. The Hall–Kier alpha value is -3.46. The fraction of sp³-hybridized carbons (Fsp3) is 0.360. The van der Waals surface area contributed by atoms with Crippen LogP contribution in [-0.2, 0) is 13.5 Å². The third-order valence-electron chi connectivity index (χ3n) is 6.28. The Morgan fingerprint density at radius 2 is 1.94 bits per heavy atom. The van der Waals surface area contributed by atoms with E-state index in [1.165, 1.54) is 5.69 Å². The van der Waals surface area contributed by atoms with Crippen LogP contribution in [0.4, 0.5) is 0 Å². The van der Waals surface area contributed by atoms with Crippen LogP contribution >= 0.6 is 0 Å². The van der Waals surface area contributed by atoms with Gasteiger partial charge >= 0.3 is 0 Å². The van der Waals surface area contributed by atoms with Crippen LogP contribution < -0.4 is 9.47 Å². The van der Waals surface area contributed by atoms with Crippen molar-refractivity contribution in [2.75, 3.05) is 20.8 Å². The van der Waals surface area contributed by atoms with E-state index < -0.39 is 0 Å². The fourth-order valence-electron chi connectivity index (χ4n) is 4.55. The van der Waals surface area contributed by atoms with Crippen LogP contribution in [0.1, 0.15) is 40.9 Å². The Morgan fingerprint density at radius 3 is 2.68 bits per heavy atom. The molecule has 1 fully saturated rings. The van der Waals surface area contributed by atoms with E-state index in [0.717, 1.165) is 43.1 Å². The van der Waals surface area contributed by atoms with Gasteiger partial charge in [-0.2, -0.15) is 5.26 Å². The molecule has 0 N–H and O–H groups in total. The third-order valence-corrected chi connectivity index (χ3v) is 6.28. The lowest BCUT2D eigenvalue weighted by Crippen LogP contribution is -2.35. The zero-order valence-electron chi connectivity index (χ0n) is 18.2. The highest BCUT2D eigenvalue weighted by Gasteiger charge is 2.29. The molecule has 1 unspecified atom stereocenters. The number of rotatable bonds is 6. The maximum atomic E-state index is 13.2. The number of likely N-dealkylation sites (tertiary alicyclic amines) is 1. The van der Waals surface area contributed by atoms with Crippen molar-refractivity contribution in [1.82, 2.24) is 9.47 Å². The largest absolute Gasteiger partial charge is 0.493 e. The van der Waals surface area contributed by atoms with Gasteiger partial charge in [0.1, 0.15) is 0 Å². The fourth-order valence-corrected chi connectivity index (χ4v) is 4.55. The Kier molecular flexibility index (Phi) is 5.85. The molecule has 160 valence electrons. The molecule has 1 saturated heterocycles. The first kappa shape index (κ1) is 20.8. The number of fused-ring (bicyclic) bond motifs is 1. The predicted octanol–water partition coefficient (Wildman–Crippen LogP) is 4.30. The first-order valence-electron chi connectivity index (χ1n) is 10.6. The minimum Gasteiger partial charge on any atom is -0.493 e. The Morgan fingerprint density at radius 1 is 1.13 bits per heavy atom. The van der Waals surface area contributed by atoms with Crippen molar-refractivity contribution in [3.8, 4) is 17.6 Å². The second kappa shape index (κ2) is 8.73. The number of nitriles is 1. The summed E-state index contributed by atoms with van der Waals surface area (Å²) in [5.41, 5.74) is 3.58. The van der Waals surface area contributed by atoms with Crippen molar-refractivity contribution in [3.05, 3.63) is 59.3 Å². The summed E-state index contributed by atoms with van der Waals surface area (Å²) in [6, 6.07) is 15.7. The molecule has 0 spiro atoms. The van der Waals surface area contributed by atoms with E-state index in [0.29, 0.717) is 22.6 Å². The van der Waals surface area contributed by atoms with E-state index in [9.17, 15) is 4.79 Å². The van der Waals surface area contributed by atoms with E-state index in [1.54, 1.807) is 32.4 Å². The molecule has 6 nitrogen and oxygen atoms in total. The second-order valence-corrected chi connectivity index (χ2v) is 7.98. The van der Waals surface area contributed by atoms with E-state index in [4.69, 9.17) is 14.7 Å². The summed E-state index contributed by atoms with van der Waals surface area (Å²) in [5.74, 6) is 1.22. The lowest BCUT2D eigenvalue weighted by Gasteiger charge is -2.25. The first-order chi connectivity index (χ1) is 15.0. The molecule has 1 amide bonds. The molecule has 0 saturated carbocycles. The molecule has 31 heavy (non-hydrogen) atoms. The molecule has 1 atom stereocenters. The number of nitrogens with zero attached hydrogens (tertiary/aromatic N) is 3. The molecular weight excluding hydrogens is 390 g/mol. The lowest BCUT2D eigenvalue weighted by atomic mass is 10.1. The van der Waals surface area contributed by atoms with Crippen molar-refractivity contribution in [3.63, 3.8) is 0 Å². The molecule has 0 radical (unpaired) electrons. The Labute approximate surface area is 182 Å². The molecular formula is C25H27N3O3. The standard InChI is InChI=1S/C25H27N3O3/c1-27-21(14-18-7-6-17(16-26)13-22(18)27)10-9-20-5-4-12-28(20)25(29)19-8-11-23(30-2)24(15-19)31-3/h6-8,11,13-15,20H,4-5,9-10,12H2,1-3H3. The number of aromatic nitrogens is 1. The third kappa shape index (κ3) is 3.96. The average molecular weight is 418 g/mol. The Bertz CT molecular complexity index is 1160. The van der Waals surface area contributed by atoms with Gasteiger partial charge in [0.2, 0.25) is 0 Å². The molecule has 4 rings (SSSR count). The SMILES string of the molecule is COc1ccc(C(=O)N2CCCC2CCc2cc3ccc(C#N)cc3n2C)cc1OC. The molecule has 1 aliphatic heterocycles. The van der Waals surface area contributed by atoms with Gasteiger partial charge < -0.3 is 18.9 Å². The van der Waals surface area contributed by atoms with Gasteiger partial charge in [0.25, 0.3) is 5.91 Å². The van der Waals surface area contributed by atoms with Gasteiger partial charge in [0.15, 0.2) is 11.5 Å². The highest BCUT2D eigenvalue weighted by atomic mass is 16.5. The van der Waals surface area contributed by atoms with E-state index in [-0.39, 0.29) is 11.9 Å². The van der Waals surface area contributed by atoms with Crippen molar-refractivity contribution in [1.29, 1.82) is 5.26 Å². The maximum absolute atomic E-state index is 13.2. The summed E-state index contributed by atoms with van der Waals surface area (Å²) >= 11 is 0. The number of carbonyl (C=O) groups is 1. The quantitative estimate of drug-likeness (QED) is 0.600. The van der Waals surface area contributed by atoms with Crippen molar-refractivity contribution >= 4 is 16.8 Å². The van der Waals surface area contributed by atoms with Crippen LogP contribution in [0, 0.1) is 11.3 Å². The smallest absolute Gasteiger partial charge is 0.254 e. The second-order valence-electron chi connectivity index (χ2n) is 7.98. The molecule has 2 heterocycles. The number of aryl methyl sites for hydroxylation is 2. The molecule has 0 aliphatic carbocycles. The van der Waals surface area contributed by atoms with Crippen LogP contribution in [0.3, 0.4) is 0 Å².